The topological polar surface area (TPSA) is 58.2 Å². The fourth-order valence-corrected chi connectivity index (χ4v) is 2.91. The molecular weight excluding hydrogens is 314 g/mol. The molecule has 1 aliphatic carbocycles. The number of anilines is 1. The van der Waals surface area contributed by atoms with Gasteiger partial charge in [-0.15, -0.1) is 0 Å². The predicted molar refractivity (Wildman–Crippen MR) is 88.3 cm³/mol. The number of carbonyl (C=O) groups excluding carboxylic acids is 2. The summed E-state index contributed by atoms with van der Waals surface area (Å²) >= 11 is 0. The van der Waals surface area contributed by atoms with E-state index in [1.807, 2.05) is 13.8 Å². The minimum absolute atomic E-state index is 0.0303. The van der Waals surface area contributed by atoms with Crippen LogP contribution >= 0.6 is 0 Å². The van der Waals surface area contributed by atoms with Gasteiger partial charge in [0.15, 0.2) is 0 Å². The number of rotatable bonds is 5. The molecule has 0 spiro atoms. The van der Waals surface area contributed by atoms with Gasteiger partial charge in [-0.05, 0) is 43.7 Å². The number of hydrogen-bond donors (Lipinski definition) is 2. The third kappa shape index (κ3) is 4.76. The summed E-state index contributed by atoms with van der Waals surface area (Å²) < 4.78 is 27.2. The number of para-hydroxylation sites is 1. The third-order valence-corrected chi connectivity index (χ3v) is 4.36. The molecule has 1 aliphatic rings. The van der Waals surface area contributed by atoms with Crippen LogP contribution in [0.15, 0.2) is 18.2 Å². The standard InChI is InChI=1S/C18H24F2N2O2/c1-11(2)10-21-17(23)12-6-8-13(9-7-12)18(24)22-16-14(19)4-3-5-15(16)20/h3-5,11-13H,6-10H2,1-2H3,(H,21,23)(H,22,24). The minimum atomic E-state index is -0.787. The lowest BCUT2D eigenvalue weighted by Gasteiger charge is -2.27. The molecule has 0 heterocycles. The second-order valence-corrected chi connectivity index (χ2v) is 6.77. The van der Waals surface area contributed by atoms with Crippen molar-refractivity contribution in [2.45, 2.75) is 39.5 Å². The van der Waals surface area contributed by atoms with E-state index < -0.39 is 17.3 Å². The normalized spacial score (nSPS) is 20.7. The van der Waals surface area contributed by atoms with Crippen molar-refractivity contribution in [3.8, 4) is 0 Å². The summed E-state index contributed by atoms with van der Waals surface area (Å²) in [5.41, 5.74) is -0.403. The van der Waals surface area contributed by atoms with Crippen molar-refractivity contribution in [1.29, 1.82) is 0 Å². The van der Waals surface area contributed by atoms with Gasteiger partial charge in [-0.3, -0.25) is 9.59 Å². The van der Waals surface area contributed by atoms with Crippen LogP contribution in [0, 0.1) is 29.4 Å². The van der Waals surface area contributed by atoms with Gasteiger partial charge in [-0.1, -0.05) is 19.9 Å². The van der Waals surface area contributed by atoms with Crippen molar-refractivity contribution in [3.63, 3.8) is 0 Å². The second-order valence-electron chi connectivity index (χ2n) is 6.77. The number of hydrogen-bond acceptors (Lipinski definition) is 2. The summed E-state index contributed by atoms with van der Waals surface area (Å²) in [6, 6.07) is 3.46. The molecule has 0 aromatic heterocycles. The number of nitrogens with one attached hydrogen (secondary N) is 2. The van der Waals surface area contributed by atoms with E-state index in [0.29, 0.717) is 38.1 Å². The van der Waals surface area contributed by atoms with E-state index in [-0.39, 0.29) is 23.7 Å². The van der Waals surface area contributed by atoms with Crippen molar-refractivity contribution in [3.05, 3.63) is 29.8 Å². The summed E-state index contributed by atoms with van der Waals surface area (Å²) in [5, 5.41) is 5.25. The van der Waals surface area contributed by atoms with Crippen molar-refractivity contribution < 1.29 is 18.4 Å². The molecule has 0 saturated heterocycles. The van der Waals surface area contributed by atoms with E-state index >= 15 is 0 Å². The van der Waals surface area contributed by atoms with Gasteiger partial charge in [0, 0.05) is 18.4 Å². The zero-order valence-electron chi connectivity index (χ0n) is 14.1. The SMILES string of the molecule is CC(C)CNC(=O)C1CCC(C(=O)Nc2c(F)cccc2F)CC1. The minimum Gasteiger partial charge on any atom is -0.356 e. The smallest absolute Gasteiger partial charge is 0.227 e. The molecule has 4 nitrogen and oxygen atoms in total. The Balaban J connectivity index is 1.86. The van der Waals surface area contributed by atoms with Gasteiger partial charge in [-0.25, -0.2) is 8.78 Å². The third-order valence-electron chi connectivity index (χ3n) is 4.36. The Hall–Kier alpha value is -1.98. The average molecular weight is 338 g/mol. The second kappa shape index (κ2) is 8.22. The van der Waals surface area contributed by atoms with Gasteiger partial charge < -0.3 is 10.6 Å². The van der Waals surface area contributed by atoms with E-state index in [9.17, 15) is 18.4 Å². The first-order valence-corrected chi connectivity index (χ1v) is 8.41. The quantitative estimate of drug-likeness (QED) is 0.863. The molecule has 1 saturated carbocycles. The lowest BCUT2D eigenvalue weighted by atomic mass is 9.81. The Morgan fingerprint density at radius 2 is 1.54 bits per heavy atom. The fraction of sp³-hybridized carbons (Fsp3) is 0.556. The van der Waals surface area contributed by atoms with Crippen LogP contribution in [0.25, 0.3) is 0 Å². The first-order valence-electron chi connectivity index (χ1n) is 8.41. The predicted octanol–water partition coefficient (Wildman–Crippen LogP) is 3.48. The van der Waals surface area contributed by atoms with Crippen LogP contribution in [0.5, 0.6) is 0 Å². The molecule has 0 aliphatic heterocycles. The molecule has 1 aromatic rings. The van der Waals surface area contributed by atoms with Crippen molar-refractivity contribution in [1.82, 2.24) is 5.32 Å². The van der Waals surface area contributed by atoms with Gasteiger partial charge in [0.2, 0.25) is 11.8 Å². The molecule has 1 aromatic carbocycles. The molecule has 0 atom stereocenters. The molecule has 0 radical (unpaired) electrons. The summed E-state index contributed by atoms with van der Waals surface area (Å²) in [5.74, 6) is -1.94. The maximum atomic E-state index is 13.6. The van der Waals surface area contributed by atoms with E-state index in [0.717, 1.165) is 12.1 Å². The maximum absolute atomic E-state index is 13.6. The van der Waals surface area contributed by atoms with E-state index in [2.05, 4.69) is 10.6 Å². The molecule has 0 bridgehead atoms. The van der Waals surface area contributed by atoms with Gasteiger partial charge in [0.05, 0.1) is 0 Å². The molecule has 2 N–H and O–H groups in total. The number of benzene rings is 1. The number of halogens is 2. The van der Waals surface area contributed by atoms with Gasteiger partial charge in [0.25, 0.3) is 0 Å². The Morgan fingerprint density at radius 3 is 2.04 bits per heavy atom. The number of carbonyl (C=O) groups is 2. The van der Waals surface area contributed by atoms with Gasteiger partial charge >= 0.3 is 0 Å². The lowest BCUT2D eigenvalue weighted by molar-refractivity contribution is -0.128. The van der Waals surface area contributed by atoms with Crippen molar-refractivity contribution in [2.75, 3.05) is 11.9 Å². The lowest BCUT2D eigenvalue weighted by Crippen LogP contribution is -2.37. The molecule has 24 heavy (non-hydrogen) atoms. The first kappa shape index (κ1) is 18.4. The zero-order valence-corrected chi connectivity index (χ0v) is 14.1. The van der Waals surface area contributed by atoms with Crippen LogP contribution in [0.2, 0.25) is 0 Å². The summed E-state index contributed by atoms with van der Waals surface area (Å²) in [7, 11) is 0. The van der Waals surface area contributed by atoms with Crippen LogP contribution in [0.3, 0.4) is 0 Å². The molecule has 1 fully saturated rings. The average Bonchev–Trinajstić information content (AvgIpc) is 2.56. The fourth-order valence-electron chi connectivity index (χ4n) is 2.91. The summed E-state index contributed by atoms with van der Waals surface area (Å²) in [6.45, 7) is 4.71. The highest BCUT2D eigenvalue weighted by Gasteiger charge is 2.30. The highest BCUT2D eigenvalue weighted by Crippen LogP contribution is 2.30. The Bertz CT molecular complexity index is 576. The van der Waals surface area contributed by atoms with Crippen molar-refractivity contribution >= 4 is 17.5 Å². The van der Waals surface area contributed by atoms with Crippen LogP contribution in [-0.4, -0.2) is 18.4 Å². The number of amides is 2. The molecular formula is C18H24F2N2O2. The largest absolute Gasteiger partial charge is 0.356 e. The van der Waals surface area contributed by atoms with E-state index in [1.165, 1.54) is 6.07 Å². The summed E-state index contributed by atoms with van der Waals surface area (Å²) in [4.78, 5) is 24.3. The Kier molecular flexibility index (Phi) is 6.29. The first-order chi connectivity index (χ1) is 11.4. The molecule has 6 heteroatoms. The Morgan fingerprint density at radius 1 is 1.04 bits per heavy atom. The van der Waals surface area contributed by atoms with Crippen LogP contribution in [0.1, 0.15) is 39.5 Å². The monoisotopic (exact) mass is 338 g/mol. The summed E-state index contributed by atoms with van der Waals surface area (Å²) in [6.07, 6.45) is 2.31. The zero-order chi connectivity index (χ0) is 17.7. The van der Waals surface area contributed by atoms with Crippen LogP contribution in [-0.2, 0) is 9.59 Å². The highest BCUT2D eigenvalue weighted by atomic mass is 19.1. The van der Waals surface area contributed by atoms with Crippen molar-refractivity contribution in [2.24, 2.45) is 17.8 Å². The Labute approximate surface area is 141 Å². The molecule has 2 amide bonds. The van der Waals surface area contributed by atoms with Crippen LogP contribution in [0.4, 0.5) is 14.5 Å². The molecule has 2 rings (SSSR count). The highest BCUT2D eigenvalue weighted by molar-refractivity contribution is 5.93. The molecule has 132 valence electrons. The van der Waals surface area contributed by atoms with Gasteiger partial charge in [-0.2, -0.15) is 0 Å². The van der Waals surface area contributed by atoms with Gasteiger partial charge in [0.1, 0.15) is 17.3 Å². The van der Waals surface area contributed by atoms with E-state index in [1.54, 1.807) is 0 Å². The van der Waals surface area contributed by atoms with Crippen LogP contribution < -0.4 is 10.6 Å². The maximum Gasteiger partial charge on any atom is 0.227 e. The van der Waals surface area contributed by atoms with E-state index in [4.69, 9.17) is 0 Å². The molecule has 0 unspecified atom stereocenters.